The zero-order chi connectivity index (χ0) is 16.1. The summed E-state index contributed by atoms with van der Waals surface area (Å²) in [5.41, 5.74) is 0.187. The topological polar surface area (TPSA) is 114 Å². The lowest BCUT2D eigenvalue weighted by Gasteiger charge is -2.06. The van der Waals surface area contributed by atoms with Crippen LogP contribution in [0.3, 0.4) is 0 Å². The van der Waals surface area contributed by atoms with Gasteiger partial charge in [-0.3, -0.25) is 20.0 Å². The van der Waals surface area contributed by atoms with E-state index >= 15 is 0 Å². The van der Waals surface area contributed by atoms with E-state index in [1.165, 1.54) is 30.0 Å². The van der Waals surface area contributed by atoms with Gasteiger partial charge in [0.1, 0.15) is 5.82 Å². The average Bonchev–Trinajstić information content (AvgIpc) is 2.95. The fourth-order valence-corrected chi connectivity index (χ4v) is 2.38. The van der Waals surface area contributed by atoms with E-state index in [0.717, 1.165) is 12.2 Å². The van der Waals surface area contributed by atoms with Crippen molar-refractivity contribution in [3.63, 3.8) is 0 Å². The Morgan fingerprint density at radius 2 is 2.32 bits per heavy atom. The maximum atomic E-state index is 11.8. The van der Waals surface area contributed by atoms with Gasteiger partial charge >= 0.3 is 0 Å². The van der Waals surface area contributed by atoms with Crippen LogP contribution in [0.2, 0.25) is 5.02 Å². The van der Waals surface area contributed by atoms with Crippen LogP contribution in [-0.2, 0) is 11.2 Å². The predicted octanol–water partition coefficient (Wildman–Crippen LogP) is 2.66. The number of non-ortho nitro benzene ring substituents is 1. The normalized spacial score (nSPS) is 10.5. The van der Waals surface area contributed by atoms with Crippen molar-refractivity contribution in [1.29, 1.82) is 0 Å². The Kier molecular flexibility index (Phi) is 5.34. The van der Waals surface area contributed by atoms with Gasteiger partial charge in [0.05, 0.1) is 21.4 Å². The number of rotatable bonds is 6. The van der Waals surface area contributed by atoms with Gasteiger partial charge in [-0.15, -0.1) is 5.10 Å². The molecule has 2 aromatic rings. The Hall–Kier alpha value is -2.13. The third kappa shape index (κ3) is 4.18. The van der Waals surface area contributed by atoms with Gasteiger partial charge in [0.15, 0.2) is 0 Å². The molecule has 1 aromatic heterocycles. The number of halogens is 1. The van der Waals surface area contributed by atoms with Crippen molar-refractivity contribution in [3.05, 3.63) is 39.2 Å². The number of aromatic nitrogens is 3. The summed E-state index contributed by atoms with van der Waals surface area (Å²) in [6.07, 6.45) is 0.734. The minimum absolute atomic E-state index is 0.105. The van der Waals surface area contributed by atoms with Gasteiger partial charge in [0.25, 0.3) is 5.69 Å². The number of nitro groups is 1. The molecule has 0 aliphatic carbocycles. The van der Waals surface area contributed by atoms with Crippen LogP contribution >= 0.6 is 23.4 Å². The van der Waals surface area contributed by atoms with E-state index in [2.05, 4.69) is 20.5 Å². The highest BCUT2D eigenvalue weighted by atomic mass is 35.5. The lowest BCUT2D eigenvalue weighted by Crippen LogP contribution is -2.14. The quantitative estimate of drug-likeness (QED) is 0.474. The lowest BCUT2D eigenvalue weighted by atomic mass is 10.3. The van der Waals surface area contributed by atoms with Crippen LogP contribution in [0.4, 0.5) is 11.4 Å². The number of carbonyl (C=O) groups excluding carboxylic acids is 1. The highest BCUT2D eigenvalue weighted by Crippen LogP contribution is 2.26. The van der Waals surface area contributed by atoms with Gasteiger partial charge in [-0.2, -0.15) is 0 Å². The summed E-state index contributed by atoms with van der Waals surface area (Å²) in [7, 11) is 0. The molecule has 116 valence electrons. The van der Waals surface area contributed by atoms with Gasteiger partial charge in [-0.25, -0.2) is 4.98 Å². The molecule has 0 spiro atoms. The van der Waals surface area contributed by atoms with E-state index in [1.54, 1.807) is 0 Å². The molecule has 22 heavy (non-hydrogen) atoms. The summed E-state index contributed by atoms with van der Waals surface area (Å²) in [6.45, 7) is 1.94. The van der Waals surface area contributed by atoms with E-state index in [-0.39, 0.29) is 22.4 Å². The molecule has 0 fully saturated rings. The molecule has 10 heteroatoms. The number of aromatic amines is 1. The first-order valence-electron chi connectivity index (χ1n) is 6.27. The van der Waals surface area contributed by atoms with E-state index in [9.17, 15) is 14.9 Å². The number of nitro benzene ring substituents is 1. The molecule has 2 rings (SSSR count). The second kappa shape index (κ2) is 7.23. The Bertz CT molecular complexity index is 706. The number of carbonyl (C=O) groups is 1. The Morgan fingerprint density at radius 3 is 2.91 bits per heavy atom. The van der Waals surface area contributed by atoms with Gasteiger partial charge in [0.2, 0.25) is 11.1 Å². The van der Waals surface area contributed by atoms with Crippen molar-refractivity contribution in [2.45, 2.75) is 18.5 Å². The maximum Gasteiger partial charge on any atom is 0.271 e. The minimum Gasteiger partial charge on any atom is -0.324 e. The number of nitrogens with zero attached hydrogens (tertiary/aromatic N) is 3. The average molecular weight is 342 g/mol. The number of nitrogens with one attached hydrogen (secondary N) is 2. The summed E-state index contributed by atoms with van der Waals surface area (Å²) in [4.78, 5) is 26.1. The third-order valence-corrected chi connectivity index (χ3v) is 3.78. The first kappa shape index (κ1) is 16.2. The van der Waals surface area contributed by atoms with E-state index in [0.29, 0.717) is 10.8 Å². The monoisotopic (exact) mass is 341 g/mol. The van der Waals surface area contributed by atoms with Crippen molar-refractivity contribution in [2.75, 3.05) is 11.1 Å². The van der Waals surface area contributed by atoms with E-state index in [1.807, 2.05) is 6.92 Å². The molecule has 0 bridgehead atoms. The highest BCUT2D eigenvalue weighted by molar-refractivity contribution is 7.99. The number of anilines is 1. The second-order valence-corrected chi connectivity index (χ2v) is 5.53. The van der Waals surface area contributed by atoms with Crippen molar-refractivity contribution in [2.24, 2.45) is 0 Å². The largest absolute Gasteiger partial charge is 0.324 e. The summed E-state index contributed by atoms with van der Waals surface area (Å²) in [5.74, 6) is 0.554. The molecular weight excluding hydrogens is 330 g/mol. The van der Waals surface area contributed by atoms with Crippen molar-refractivity contribution in [1.82, 2.24) is 15.2 Å². The van der Waals surface area contributed by atoms with Crippen molar-refractivity contribution < 1.29 is 9.72 Å². The molecule has 1 aromatic carbocycles. The van der Waals surface area contributed by atoms with Gasteiger partial charge in [-0.05, 0) is 6.07 Å². The number of hydrogen-bond donors (Lipinski definition) is 2. The molecule has 0 saturated carbocycles. The van der Waals surface area contributed by atoms with Crippen LogP contribution in [0.5, 0.6) is 0 Å². The van der Waals surface area contributed by atoms with Crippen LogP contribution in [0.1, 0.15) is 12.7 Å². The summed E-state index contributed by atoms with van der Waals surface area (Å²) in [6, 6.07) is 3.86. The van der Waals surface area contributed by atoms with E-state index < -0.39 is 4.92 Å². The van der Waals surface area contributed by atoms with Crippen LogP contribution < -0.4 is 5.32 Å². The maximum absolute atomic E-state index is 11.8. The van der Waals surface area contributed by atoms with Crippen molar-refractivity contribution in [3.8, 4) is 0 Å². The smallest absolute Gasteiger partial charge is 0.271 e. The molecule has 0 aliphatic heterocycles. The van der Waals surface area contributed by atoms with Crippen molar-refractivity contribution >= 4 is 40.6 Å². The fraction of sp³-hybridized carbons (Fsp3) is 0.250. The Morgan fingerprint density at radius 1 is 1.55 bits per heavy atom. The molecule has 8 nitrogen and oxygen atoms in total. The Labute approximate surface area is 134 Å². The Balaban J connectivity index is 1.93. The molecule has 0 unspecified atom stereocenters. The fourth-order valence-electron chi connectivity index (χ4n) is 1.54. The molecule has 0 aliphatic rings. The molecule has 1 heterocycles. The number of hydrogen-bond acceptors (Lipinski definition) is 6. The minimum atomic E-state index is -0.554. The van der Waals surface area contributed by atoms with Gasteiger partial charge < -0.3 is 5.32 Å². The lowest BCUT2D eigenvalue weighted by molar-refractivity contribution is -0.384. The third-order valence-electron chi connectivity index (χ3n) is 2.62. The van der Waals surface area contributed by atoms with E-state index in [4.69, 9.17) is 11.6 Å². The number of benzene rings is 1. The standard InChI is InChI=1S/C12H12ClN5O3S/c1-2-10-15-12(17-16-10)22-6-11(19)14-9-4-3-7(18(20)21)5-8(9)13/h3-5H,2,6H2,1H3,(H,14,19)(H,15,16,17). The van der Waals surface area contributed by atoms with Crippen LogP contribution in [0.15, 0.2) is 23.4 Å². The van der Waals surface area contributed by atoms with Gasteiger partial charge in [0, 0.05) is 18.6 Å². The van der Waals surface area contributed by atoms with Crippen LogP contribution in [-0.4, -0.2) is 31.8 Å². The number of aryl methyl sites for hydroxylation is 1. The predicted molar refractivity (Wildman–Crippen MR) is 83.2 cm³/mol. The number of H-pyrrole nitrogens is 1. The zero-order valence-electron chi connectivity index (χ0n) is 11.5. The first-order chi connectivity index (χ1) is 10.5. The molecule has 2 N–H and O–H groups in total. The molecule has 0 atom stereocenters. The molecule has 1 amide bonds. The summed E-state index contributed by atoms with van der Waals surface area (Å²) >= 11 is 7.08. The second-order valence-electron chi connectivity index (χ2n) is 4.18. The molecule has 0 saturated heterocycles. The number of amides is 1. The first-order valence-corrected chi connectivity index (χ1v) is 7.63. The molecular formula is C12H12ClN5O3S. The molecule has 0 radical (unpaired) electrons. The van der Waals surface area contributed by atoms with Gasteiger partial charge in [-0.1, -0.05) is 30.3 Å². The highest BCUT2D eigenvalue weighted by Gasteiger charge is 2.12. The van der Waals surface area contributed by atoms with Crippen LogP contribution in [0, 0.1) is 10.1 Å². The zero-order valence-corrected chi connectivity index (χ0v) is 13.1. The summed E-state index contributed by atoms with van der Waals surface area (Å²) in [5, 5.41) is 20.5. The van der Waals surface area contributed by atoms with Crippen LogP contribution in [0.25, 0.3) is 0 Å². The number of thioether (sulfide) groups is 1. The SMILES string of the molecule is CCc1nc(SCC(=O)Nc2ccc([N+](=O)[O-])cc2Cl)n[nH]1. The summed E-state index contributed by atoms with van der Waals surface area (Å²) < 4.78 is 0.